The average Bonchev–Trinajstić information content (AvgIpc) is 3.55. The van der Waals surface area contributed by atoms with Gasteiger partial charge in [0.15, 0.2) is 0 Å². The third-order valence-corrected chi connectivity index (χ3v) is 8.48. The van der Waals surface area contributed by atoms with Crippen LogP contribution in [0.15, 0.2) is 66.7 Å². The number of anilines is 2. The van der Waals surface area contributed by atoms with Crippen molar-refractivity contribution in [2.75, 3.05) is 16.3 Å². The van der Waals surface area contributed by atoms with Crippen molar-refractivity contribution in [3.8, 4) is 5.75 Å². The van der Waals surface area contributed by atoms with E-state index in [9.17, 15) is 19.2 Å². The molecule has 3 amide bonds. The number of benzene rings is 2. The lowest BCUT2D eigenvalue weighted by Gasteiger charge is -2.37. The van der Waals surface area contributed by atoms with E-state index in [0.29, 0.717) is 17.5 Å². The fourth-order valence-corrected chi connectivity index (χ4v) is 6.82. The quantitative estimate of drug-likeness (QED) is 0.298. The number of imide groups is 1. The van der Waals surface area contributed by atoms with Crippen LogP contribution in [0.5, 0.6) is 5.75 Å². The first kappa shape index (κ1) is 20.6. The first-order valence-electron chi connectivity index (χ1n) is 12.2. The Hall–Kier alpha value is -3.74. The predicted molar refractivity (Wildman–Crippen MR) is 126 cm³/mol. The zero-order valence-corrected chi connectivity index (χ0v) is 18.9. The number of allylic oxidation sites excluding steroid dienone is 2. The van der Waals surface area contributed by atoms with E-state index in [1.54, 1.807) is 29.2 Å². The molecule has 6 aliphatic rings. The van der Waals surface area contributed by atoms with Crippen molar-refractivity contribution in [1.82, 2.24) is 0 Å². The maximum Gasteiger partial charge on any atom is 0.316 e. The average molecular weight is 469 g/mol. The Bertz CT molecular complexity index is 1270. The van der Waals surface area contributed by atoms with Gasteiger partial charge in [-0.3, -0.25) is 19.2 Å². The van der Waals surface area contributed by atoms with E-state index in [0.717, 1.165) is 12.1 Å². The molecule has 2 aromatic carbocycles. The molecule has 2 saturated carbocycles. The minimum atomic E-state index is -0.585. The molecule has 4 aliphatic carbocycles. The highest BCUT2D eigenvalue weighted by atomic mass is 16.5. The van der Waals surface area contributed by atoms with Crippen LogP contribution in [-0.2, 0) is 19.2 Å². The molecular formula is C28H24N2O5. The van der Waals surface area contributed by atoms with Gasteiger partial charge in [0.05, 0.1) is 23.4 Å². The van der Waals surface area contributed by atoms with E-state index in [1.165, 1.54) is 4.90 Å². The van der Waals surface area contributed by atoms with Crippen LogP contribution in [0.1, 0.15) is 12.8 Å². The highest BCUT2D eigenvalue weighted by Gasteiger charge is 2.67. The number of rotatable bonds is 4. The smallest absolute Gasteiger partial charge is 0.316 e. The van der Waals surface area contributed by atoms with Crippen molar-refractivity contribution >= 4 is 35.1 Å². The van der Waals surface area contributed by atoms with E-state index in [2.05, 4.69) is 12.2 Å². The van der Waals surface area contributed by atoms with Crippen LogP contribution >= 0.6 is 0 Å². The van der Waals surface area contributed by atoms with E-state index in [4.69, 9.17) is 4.74 Å². The summed E-state index contributed by atoms with van der Waals surface area (Å²) in [6.07, 6.45) is 5.49. The molecule has 2 aliphatic heterocycles. The van der Waals surface area contributed by atoms with Gasteiger partial charge in [0.25, 0.3) is 0 Å². The second-order valence-corrected chi connectivity index (χ2v) is 10.3. The van der Waals surface area contributed by atoms with Crippen LogP contribution in [0.2, 0.25) is 0 Å². The summed E-state index contributed by atoms with van der Waals surface area (Å²) < 4.78 is 5.62. The summed E-state index contributed by atoms with van der Waals surface area (Å²) in [5.41, 5.74) is 1.18. The van der Waals surface area contributed by atoms with E-state index < -0.39 is 11.9 Å². The Labute approximate surface area is 202 Å². The van der Waals surface area contributed by atoms with E-state index >= 15 is 0 Å². The lowest BCUT2D eigenvalue weighted by Crippen LogP contribution is -2.40. The molecule has 4 fully saturated rings. The van der Waals surface area contributed by atoms with Crippen LogP contribution < -0.4 is 14.5 Å². The predicted octanol–water partition coefficient (Wildman–Crippen LogP) is 3.20. The second kappa shape index (κ2) is 7.38. The third-order valence-electron chi connectivity index (χ3n) is 8.48. The molecular weight excluding hydrogens is 444 g/mol. The SMILES string of the molecule is O=C(Oc1cccc(N2C(=O)[C@@H]3[C@H]4C=C[C@@H]([C@@H]5C[C@H]45)[C@@H]3C2=O)c1)[C@@H]1CC(=O)N(c2ccccc2)C1. The minimum absolute atomic E-state index is 0.0813. The van der Waals surface area contributed by atoms with Gasteiger partial charge in [-0.05, 0) is 54.4 Å². The number of nitrogens with zero attached hydrogens (tertiary/aromatic N) is 2. The maximum atomic E-state index is 13.4. The molecule has 0 radical (unpaired) electrons. The highest BCUT2D eigenvalue weighted by molar-refractivity contribution is 6.22. The van der Waals surface area contributed by atoms with Gasteiger partial charge in [0.1, 0.15) is 5.75 Å². The van der Waals surface area contributed by atoms with Gasteiger partial charge in [-0.25, -0.2) is 4.90 Å². The molecule has 8 rings (SSSR count). The molecule has 7 nitrogen and oxygen atoms in total. The summed E-state index contributed by atoms with van der Waals surface area (Å²) in [4.78, 5) is 55.0. The van der Waals surface area contributed by atoms with Crippen molar-refractivity contribution in [2.24, 2.45) is 41.4 Å². The largest absolute Gasteiger partial charge is 0.426 e. The number of amides is 3. The minimum Gasteiger partial charge on any atom is -0.426 e. The highest BCUT2D eigenvalue weighted by Crippen LogP contribution is 2.65. The number of esters is 1. The van der Waals surface area contributed by atoms with Crippen LogP contribution in [0, 0.1) is 41.4 Å². The molecule has 2 bridgehead atoms. The first-order chi connectivity index (χ1) is 17.0. The van der Waals surface area contributed by atoms with Crippen LogP contribution in [0.4, 0.5) is 11.4 Å². The molecule has 0 aromatic heterocycles. The molecule has 7 heteroatoms. The van der Waals surface area contributed by atoms with Crippen molar-refractivity contribution in [1.29, 1.82) is 0 Å². The van der Waals surface area contributed by atoms with Crippen molar-refractivity contribution in [3.63, 3.8) is 0 Å². The number of carbonyl (C=O) groups is 4. The monoisotopic (exact) mass is 468 g/mol. The normalized spacial score (nSPS) is 34.3. The Kier molecular flexibility index (Phi) is 4.35. The van der Waals surface area contributed by atoms with Crippen molar-refractivity contribution < 1.29 is 23.9 Å². The topological polar surface area (TPSA) is 84.0 Å². The standard InChI is InChI=1S/C28H24N2O5/c31-23-11-15(14-29(23)16-5-2-1-3-6-16)28(34)35-18-8-4-7-17(12-18)30-26(32)24-19-9-10-20(22-13-21(19)22)25(24)27(30)33/h1-10,12,15,19-22,24-25H,11,13-14H2/t15-,19+,20+,21-,22+,24-,25+/m1/s1. The first-order valence-corrected chi connectivity index (χ1v) is 12.2. The van der Waals surface area contributed by atoms with Crippen molar-refractivity contribution in [3.05, 3.63) is 66.7 Å². The number of carbonyl (C=O) groups excluding carboxylic acids is 4. The lowest BCUT2D eigenvalue weighted by molar-refractivity contribution is -0.139. The number of ether oxygens (including phenoxy) is 1. The van der Waals surface area contributed by atoms with Crippen LogP contribution in [0.3, 0.4) is 0 Å². The molecule has 7 atom stereocenters. The van der Waals surface area contributed by atoms with Gasteiger partial charge in [0.2, 0.25) is 17.7 Å². The Morgan fingerprint density at radius 1 is 0.829 bits per heavy atom. The fourth-order valence-electron chi connectivity index (χ4n) is 6.82. The molecule has 0 N–H and O–H groups in total. The van der Waals surface area contributed by atoms with Gasteiger partial charge < -0.3 is 9.64 Å². The summed E-state index contributed by atoms with van der Waals surface area (Å²) in [6, 6.07) is 15.8. The maximum absolute atomic E-state index is 13.4. The Morgan fingerprint density at radius 3 is 2.17 bits per heavy atom. The molecule has 35 heavy (non-hydrogen) atoms. The number of hydrogen-bond donors (Lipinski definition) is 0. The lowest BCUT2D eigenvalue weighted by atomic mass is 9.63. The van der Waals surface area contributed by atoms with Crippen molar-refractivity contribution in [2.45, 2.75) is 12.8 Å². The number of hydrogen-bond acceptors (Lipinski definition) is 5. The van der Waals surface area contributed by atoms with Gasteiger partial charge in [-0.1, -0.05) is 36.4 Å². The second-order valence-electron chi connectivity index (χ2n) is 10.3. The number of para-hydroxylation sites is 1. The summed E-state index contributed by atoms with van der Waals surface area (Å²) in [6.45, 7) is 0.256. The fraction of sp³-hybridized carbons (Fsp3) is 0.357. The molecule has 176 valence electrons. The van der Waals surface area contributed by atoms with Gasteiger partial charge in [-0.2, -0.15) is 0 Å². The molecule has 0 unspecified atom stereocenters. The zero-order chi connectivity index (χ0) is 23.8. The molecule has 2 heterocycles. The van der Waals surface area contributed by atoms with Gasteiger partial charge in [-0.15, -0.1) is 0 Å². The van der Waals surface area contributed by atoms with E-state index in [-0.39, 0.29) is 60.1 Å². The summed E-state index contributed by atoms with van der Waals surface area (Å²) in [7, 11) is 0. The molecule has 0 spiro atoms. The van der Waals surface area contributed by atoms with Gasteiger partial charge >= 0.3 is 5.97 Å². The molecule has 2 aromatic rings. The van der Waals surface area contributed by atoms with Gasteiger partial charge in [0, 0.05) is 24.7 Å². The zero-order valence-electron chi connectivity index (χ0n) is 18.9. The Balaban J connectivity index is 1.08. The van der Waals surface area contributed by atoms with E-state index in [1.807, 2.05) is 30.3 Å². The van der Waals surface area contributed by atoms with Crippen LogP contribution in [-0.4, -0.2) is 30.2 Å². The summed E-state index contributed by atoms with van der Waals surface area (Å²) >= 11 is 0. The Morgan fingerprint density at radius 2 is 1.49 bits per heavy atom. The van der Waals surface area contributed by atoms with Crippen LogP contribution in [0.25, 0.3) is 0 Å². The summed E-state index contributed by atoms with van der Waals surface area (Å²) in [5.74, 6) is -0.388. The summed E-state index contributed by atoms with van der Waals surface area (Å²) in [5, 5.41) is 0. The third kappa shape index (κ3) is 3.03. The molecule has 2 saturated heterocycles.